The Morgan fingerprint density at radius 2 is 2.00 bits per heavy atom. The van der Waals surface area contributed by atoms with Crippen LogP contribution in [-0.4, -0.2) is 26.3 Å². The zero-order chi connectivity index (χ0) is 15.3. The maximum atomic E-state index is 14.2. The van der Waals surface area contributed by atoms with Crippen LogP contribution in [0.1, 0.15) is 31.7 Å². The molecular formula is C13H20BrFN2O2S. The number of nitrogens with two attached hydrogens (primary N) is 1. The zero-order valence-corrected chi connectivity index (χ0v) is 14.1. The maximum absolute atomic E-state index is 14.2. The highest BCUT2D eigenvalue weighted by Gasteiger charge is 2.26. The lowest BCUT2D eigenvalue weighted by molar-refractivity contribution is 0.448. The maximum Gasteiger partial charge on any atom is 0.245 e. The first-order chi connectivity index (χ1) is 9.34. The van der Waals surface area contributed by atoms with E-state index in [-0.39, 0.29) is 17.0 Å². The van der Waals surface area contributed by atoms with Gasteiger partial charge in [0.2, 0.25) is 10.0 Å². The van der Waals surface area contributed by atoms with Gasteiger partial charge in [0.1, 0.15) is 10.7 Å². The highest BCUT2D eigenvalue weighted by atomic mass is 79.9. The van der Waals surface area contributed by atoms with E-state index in [4.69, 9.17) is 5.73 Å². The van der Waals surface area contributed by atoms with Crippen molar-refractivity contribution in [3.05, 3.63) is 28.0 Å². The van der Waals surface area contributed by atoms with Gasteiger partial charge in [0.05, 0.1) is 0 Å². The van der Waals surface area contributed by atoms with E-state index in [1.54, 1.807) is 0 Å². The normalized spacial score (nSPS) is 12.1. The van der Waals surface area contributed by atoms with Crippen molar-refractivity contribution in [1.82, 2.24) is 4.31 Å². The molecule has 1 aromatic carbocycles. The Labute approximate surface area is 128 Å². The van der Waals surface area contributed by atoms with E-state index in [9.17, 15) is 12.8 Å². The Kier molecular flexibility index (Phi) is 6.57. The summed E-state index contributed by atoms with van der Waals surface area (Å²) < 4.78 is 40.7. The molecule has 0 aliphatic heterocycles. The first-order valence-corrected chi connectivity index (χ1v) is 8.72. The summed E-state index contributed by atoms with van der Waals surface area (Å²) in [6.07, 6.45) is 2.69. The molecule has 20 heavy (non-hydrogen) atoms. The second-order valence-electron chi connectivity index (χ2n) is 4.61. The Bertz CT molecular complexity index is 564. The summed E-state index contributed by atoms with van der Waals surface area (Å²) in [5, 5.41) is 0. The van der Waals surface area contributed by atoms with Gasteiger partial charge in [-0.05, 0) is 18.6 Å². The minimum Gasteiger partial charge on any atom is -0.326 e. The topological polar surface area (TPSA) is 63.4 Å². The van der Waals surface area contributed by atoms with Crippen molar-refractivity contribution in [3.63, 3.8) is 0 Å². The minimum absolute atomic E-state index is 0.0483. The third kappa shape index (κ3) is 4.00. The fourth-order valence-electron chi connectivity index (χ4n) is 1.83. The van der Waals surface area contributed by atoms with Crippen molar-refractivity contribution in [3.8, 4) is 0 Å². The molecule has 0 unspecified atom stereocenters. The lowest BCUT2D eigenvalue weighted by atomic mass is 10.2. The van der Waals surface area contributed by atoms with Crippen LogP contribution in [0.15, 0.2) is 21.5 Å². The Hall–Kier alpha value is -0.500. The first kappa shape index (κ1) is 17.6. The average Bonchev–Trinajstić information content (AvgIpc) is 2.40. The number of unbranched alkanes of at least 4 members (excludes halogenated alkanes) is 2. The standard InChI is InChI=1S/C13H20BrFN2O2S/c1-3-4-5-6-17(2)20(18,19)12-8-11(14)7-10(9-16)13(12)15/h7-8H,3-6,9,16H2,1-2H3. The molecule has 0 saturated heterocycles. The average molecular weight is 367 g/mol. The molecular weight excluding hydrogens is 347 g/mol. The van der Waals surface area contributed by atoms with E-state index in [1.807, 2.05) is 6.92 Å². The largest absolute Gasteiger partial charge is 0.326 e. The Morgan fingerprint density at radius 1 is 1.35 bits per heavy atom. The molecule has 0 saturated carbocycles. The van der Waals surface area contributed by atoms with E-state index >= 15 is 0 Å². The van der Waals surface area contributed by atoms with E-state index in [1.165, 1.54) is 23.5 Å². The summed E-state index contributed by atoms with van der Waals surface area (Å²) in [4.78, 5) is -0.327. The van der Waals surface area contributed by atoms with Crippen molar-refractivity contribution >= 4 is 26.0 Å². The molecule has 0 aromatic heterocycles. The molecule has 0 fully saturated rings. The van der Waals surface area contributed by atoms with Gasteiger partial charge in [-0.1, -0.05) is 35.7 Å². The van der Waals surface area contributed by atoms with Crippen molar-refractivity contribution in [2.45, 2.75) is 37.6 Å². The third-order valence-electron chi connectivity index (χ3n) is 3.06. The summed E-state index contributed by atoms with van der Waals surface area (Å²) in [5.74, 6) is -0.766. The Balaban J connectivity index is 3.12. The number of rotatable bonds is 7. The number of nitrogens with zero attached hydrogens (tertiary/aromatic N) is 1. The summed E-state index contributed by atoms with van der Waals surface area (Å²) in [7, 11) is -2.37. The van der Waals surface area contributed by atoms with Crippen LogP contribution in [0.3, 0.4) is 0 Å². The number of hydrogen-bond acceptors (Lipinski definition) is 3. The highest BCUT2D eigenvalue weighted by molar-refractivity contribution is 9.10. The number of halogens is 2. The van der Waals surface area contributed by atoms with Crippen molar-refractivity contribution in [1.29, 1.82) is 0 Å². The summed E-state index contributed by atoms with van der Waals surface area (Å²) in [6, 6.07) is 2.77. The van der Waals surface area contributed by atoms with Crippen LogP contribution in [0.25, 0.3) is 0 Å². The van der Waals surface area contributed by atoms with Crippen LogP contribution in [-0.2, 0) is 16.6 Å². The highest BCUT2D eigenvalue weighted by Crippen LogP contribution is 2.26. The predicted octanol–water partition coefficient (Wildman–Crippen LogP) is 2.86. The van der Waals surface area contributed by atoms with Gasteiger partial charge in [-0.3, -0.25) is 0 Å². The van der Waals surface area contributed by atoms with Crippen molar-refractivity contribution < 1.29 is 12.8 Å². The lowest BCUT2D eigenvalue weighted by Gasteiger charge is -2.18. The van der Waals surface area contributed by atoms with Crippen LogP contribution < -0.4 is 5.73 Å². The number of sulfonamides is 1. The molecule has 0 heterocycles. The first-order valence-electron chi connectivity index (χ1n) is 6.49. The van der Waals surface area contributed by atoms with Crippen LogP contribution >= 0.6 is 15.9 Å². The third-order valence-corrected chi connectivity index (χ3v) is 5.38. The number of hydrogen-bond donors (Lipinski definition) is 1. The van der Waals surface area contributed by atoms with E-state index in [0.717, 1.165) is 19.3 Å². The van der Waals surface area contributed by atoms with Crippen LogP contribution in [0, 0.1) is 5.82 Å². The molecule has 1 rings (SSSR count). The lowest BCUT2D eigenvalue weighted by Crippen LogP contribution is -2.29. The van der Waals surface area contributed by atoms with Gasteiger partial charge >= 0.3 is 0 Å². The summed E-state index contributed by atoms with van der Waals surface area (Å²) >= 11 is 3.19. The van der Waals surface area contributed by atoms with Gasteiger partial charge in [-0.2, -0.15) is 0 Å². The molecule has 0 amide bonds. The molecule has 114 valence electrons. The molecule has 4 nitrogen and oxygen atoms in total. The van der Waals surface area contributed by atoms with E-state index < -0.39 is 15.8 Å². The molecule has 0 atom stereocenters. The van der Waals surface area contributed by atoms with E-state index in [0.29, 0.717) is 11.0 Å². The SMILES string of the molecule is CCCCCN(C)S(=O)(=O)c1cc(Br)cc(CN)c1F. The molecule has 0 aliphatic carbocycles. The van der Waals surface area contributed by atoms with Crippen LogP contribution in [0.5, 0.6) is 0 Å². The molecule has 2 N–H and O–H groups in total. The monoisotopic (exact) mass is 366 g/mol. The summed E-state index contributed by atoms with van der Waals surface area (Å²) in [5.41, 5.74) is 5.62. The molecule has 0 radical (unpaired) electrons. The predicted molar refractivity (Wildman–Crippen MR) is 81.3 cm³/mol. The molecule has 0 aliphatic rings. The molecule has 0 bridgehead atoms. The molecule has 7 heteroatoms. The quantitative estimate of drug-likeness (QED) is 0.754. The molecule has 1 aromatic rings. The smallest absolute Gasteiger partial charge is 0.245 e. The van der Waals surface area contributed by atoms with Gasteiger partial charge in [0, 0.05) is 30.2 Å². The van der Waals surface area contributed by atoms with Gasteiger partial charge in [-0.15, -0.1) is 0 Å². The summed E-state index contributed by atoms with van der Waals surface area (Å²) in [6.45, 7) is 2.36. The fourth-order valence-corrected chi connectivity index (χ4v) is 3.82. The van der Waals surface area contributed by atoms with Crippen molar-refractivity contribution in [2.75, 3.05) is 13.6 Å². The molecule has 0 spiro atoms. The fraction of sp³-hybridized carbons (Fsp3) is 0.538. The van der Waals surface area contributed by atoms with Gasteiger partial charge in [-0.25, -0.2) is 17.1 Å². The zero-order valence-electron chi connectivity index (χ0n) is 11.7. The number of benzene rings is 1. The van der Waals surface area contributed by atoms with E-state index in [2.05, 4.69) is 15.9 Å². The van der Waals surface area contributed by atoms with Gasteiger partial charge in [0.25, 0.3) is 0 Å². The van der Waals surface area contributed by atoms with Gasteiger partial charge in [0.15, 0.2) is 0 Å². The van der Waals surface area contributed by atoms with Crippen LogP contribution in [0.2, 0.25) is 0 Å². The Morgan fingerprint density at radius 3 is 2.55 bits per heavy atom. The minimum atomic E-state index is -3.83. The second kappa shape index (κ2) is 7.49. The van der Waals surface area contributed by atoms with Gasteiger partial charge < -0.3 is 5.73 Å². The van der Waals surface area contributed by atoms with Crippen LogP contribution in [0.4, 0.5) is 4.39 Å². The second-order valence-corrected chi connectivity index (χ2v) is 7.54. The van der Waals surface area contributed by atoms with Crippen molar-refractivity contribution in [2.24, 2.45) is 5.73 Å².